The Hall–Kier alpha value is -2.80. The summed E-state index contributed by atoms with van der Waals surface area (Å²) in [6, 6.07) is 5.93. The number of rotatable bonds is 3. The summed E-state index contributed by atoms with van der Waals surface area (Å²) in [7, 11) is 0. The van der Waals surface area contributed by atoms with Gasteiger partial charge in [-0.15, -0.1) is 0 Å². The Balaban J connectivity index is 1.77. The highest BCUT2D eigenvalue weighted by molar-refractivity contribution is 7.80. The third-order valence-electron chi connectivity index (χ3n) is 6.14. The summed E-state index contributed by atoms with van der Waals surface area (Å²) in [4.78, 5) is 28.0. The number of thiocarbonyl (C=S) groups is 1. The minimum Gasteiger partial charge on any atom is -0.303 e. The number of hydrogen-bond acceptors (Lipinski definition) is 4. The van der Waals surface area contributed by atoms with Gasteiger partial charge in [0.2, 0.25) is 0 Å². The van der Waals surface area contributed by atoms with E-state index in [1.54, 1.807) is 17.1 Å². The van der Waals surface area contributed by atoms with Gasteiger partial charge in [-0.05, 0) is 80.7 Å². The maximum absolute atomic E-state index is 13.7. The molecule has 0 radical (unpaired) electrons. The number of carbonyl (C=O) groups excluding carboxylic acids is 1. The maximum atomic E-state index is 13.7. The molecule has 0 aromatic heterocycles. The lowest BCUT2D eigenvalue weighted by Crippen LogP contribution is -2.46. The van der Waals surface area contributed by atoms with Crippen molar-refractivity contribution in [1.82, 2.24) is 4.90 Å². The van der Waals surface area contributed by atoms with Crippen LogP contribution in [0.1, 0.15) is 43.2 Å². The first-order chi connectivity index (χ1) is 13.8. The van der Waals surface area contributed by atoms with E-state index < -0.39 is 10.5 Å². The molecule has 2 fully saturated rings. The van der Waals surface area contributed by atoms with E-state index in [0.29, 0.717) is 11.5 Å². The van der Waals surface area contributed by atoms with E-state index in [9.17, 15) is 14.9 Å². The number of carbonyl (C=O) groups is 1. The van der Waals surface area contributed by atoms with E-state index in [2.05, 4.69) is 0 Å². The second kappa shape index (κ2) is 7.22. The Morgan fingerprint density at radius 3 is 2.48 bits per heavy atom. The molecule has 0 bridgehead atoms. The molecule has 4 rings (SSSR count). The lowest BCUT2D eigenvalue weighted by Gasteiger charge is -2.33. The highest BCUT2D eigenvalue weighted by atomic mass is 32.1. The van der Waals surface area contributed by atoms with Crippen molar-refractivity contribution in [2.75, 3.05) is 4.90 Å². The Kier molecular flexibility index (Phi) is 4.86. The van der Waals surface area contributed by atoms with E-state index in [0.717, 1.165) is 48.2 Å². The van der Waals surface area contributed by atoms with Crippen LogP contribution in [0, 0.1) is 24.0 Å². The van der Waals surface area contributed by atoms with E-state index in [4.69, 9.17) is 12.2 Å². The first-order valence-corrected chi connectivity index (χ1v) is 10.2. The molecule has 1 aromatic rings. The molecule has 1 aromatic carbocycles. The van der Waals surface area contributed by atoms with Crippen LogP contribution in [-0.4, -0.2) is 26.4 Å². The molecule has 0 N–H and O–H groups in total. The molecule has 1 spiro atoms. The number of benzene rings is 1. The van der Waals surface area contributed by atoms with Crippen LogP contribution in [0.15, 0.2) is 53.9 Å². The zero-order chi connectivity index (χ0) is 20.8. The summed E-state index contributed by atoms with van der Waals surface area (Å²) >= 11 is 5.82. The van der Waals surface area contributed by atoms with Crippen molar-refractivity contribution >= 4 is 28.9 Å². The fraction of sp³-hybridized carbons (Fsp3) is 0.364. The first-order valence-electron chi connectivity index (χ1n) is 9.84. The fourth-order valence-electron chi connectivity index (χ4n) is 4.43. The smallest absolute Gasteiger partial charge is 0.265 e. The van der Waals surface area contributed by atoms with Crippen molar-refractivity contribution in [3.63, 3.8) is 0 Å². The van der Waals surface area contributed by atoms with E-state index in [1.165, 1.54) is 6.08 Å². The molecule has 1 aliphatic heterocycles. The van der Waals surface area contributed by atoms with Crippen molar-refractivity contribution in [3.05, 3.63) is 75.1 Å². The lowest BCUT2D eigenvalue weighted by atomic mass is 9.94. The Morgan fingerprint density at radius 1 is 1.10 bits per heavy atom. The van der Waals surface area contributed by atoms with Crippen molar-refractivity contribution in [2.24, 2.45) is 0 Å². The number of anilines is 1. The van der Waals surface area contributed by atoms with Crippen LogP contribution >= 0.6 is 12.2 Å². The summed E-state index contributed by atoms with van der Waals surface area (Å²) in [5, 5.41) is 11.6. The van der Waals surface area contributed by atoms with Gasteiger partial charge in [-0.1, -0.05) is 25.0 Å². The normalized spacial score (nSPS) is 20.9. The van der Waals surface area contributed by atoms with Gasteiger partial charge >= 0.3 is 0 Å². The fourth-order valence-corrected chi connectivity index (χ4v) is 4.90. The van der Waals surface area contributed by atoms with Gasteiger partial charge in [-0.25, -0.2) is 0 Å². The molecule has 1 heterocycles. The number of hydrogen-bond donors (Lipinski definition) is 0. The number of allylic oxidation sites excluding steroid dienone is 4. The van der Waals surface area contributed by atoms with Crippen molar-refractivity contribution in [3.8, 4) is 0 Å². The minimum absolute atomic E-state index is 0.00394. The summed E-state index contributed by atoms with van der Waals surface area (Å²) in [6.07, 6.45) is 10.5. The summed E-state index contributed by atoms with van der Waals surface area (Å²) in [5.41, 5.74) is 3.14. The van der Waals surface area contributed by atoms with Gasteiger partial charge in [0.25, 0.3) is 11.6 Å². The van der Waals surface area contributed by atoms with Crippen LogP contribution in [0.25, 0.3) is 0 Å². The molecule has 150 valence electrons. The largest absolute Gasteiger partial charge is 0.303 e. The second-order valence-corrected chi connectivity index (χ2v) is 8.22. The molecule has 29 heavy (non-hydrogen) atoms. The molecule has 2 aliphatic carbocycles. The van der Waals surface area contributed by atoms with E-state index >= 15 is 0 Å². The van der Waals surface area contributed by atoms with Crippen molar-refractivity contribution in [1.29, 1.82) is 0 Å². The van der Waals surface area contributed by atoms with E-state index in [-0.39, 0.29) is 11.6 Å². The molecule has 1 saturated heterocycles. The van der Waals surface area contributed by atoms with Crippen LogP contribution in [-0.2, 0) is 4.79 Å². The van der Waals surface area contributed by atoms with Gasteiger partial charge in [0.15, 0.2) is 5.11 Å². The van der Waals surface area contributed by atoms with Gasteiger partial charge in [0.1, 0.15) is 5.54 Å². The van der Waals surface area contributed by atoms with Crippen molar-refractivity contribution in [2.45, 2.75) is 51.5 Å². The quantitative estimate of drug-likeness (QED) is 0.416. The molecule has 0 unspecified atom stereocenters. The molecule has 7 heteroatoms. The molecular weight excluding hydrogens is 386 g/mol. The first kappa shape index (κ1) is 19.5. The van der Waals surface area contributed by atoms with Gasteiger partial charge in [-0.3, -0.25) is 19.8 Å². The number of nitro groups is 1. The lowest BCUT2D eigenvalue weighted by molar-refractivity contribution is -0.419. The summed E-state index contributed by atoms with van der Waals surface area (Å²) < 4.78 is 0. The second-order valence-electron chi connectivity index (χ2n) is 7.85. The standard InChI is InChI=1S/C22H23N3O3S/c1-15-8-9-19(14-16(15)2)23-20(26)22(12-3-4-13-22)24(21(23)29)17-6-5-7-18(11-10-17)25(27)28/h6-11,14H,3-5,12-13H2,1-2H3. The average molecular weight is 410 g/mol. The molecule has 0 atom stereocenters. The van der Waals surface area contributed by atoms with Gasteiger partial charge in [-0.2, -0.15) is 0 Å². The van der Waals surface area contributed by atoms with Crippen LogP contribution in [0.3, 0.4) is 0 Å². The van der Waals surface area contributed by atoms with Gasteiger partial charge in [0, 0.05) is 11.8 Å². The summed E-state index contributed by atoms with van der Waals surface area (Å²) in [5.74, 6) is 0.00394. The average Bonchev–Trinajstić information content (AvgIpc) is 3.13. The van der Waals surface area contributed by atoms with Crippen LogP contribution < -0.4 is 4.90 Å². The predicted molar refractivity (Wildman–Crippen MR) is 116 cm³/mol. The summed E-state index contributed by atoms with van der Waals surface area (Å²) in [6.45, 7) is 4.06. The molecular formula is C22H23N3O3S. The molecule has 1 amide bonds. The SMILES string of the molecule is Cc1ccc(N2C(=O)C3(CCCC3)N(C3=CCC=C([N+](=O)[O-])C=C3)C2=S)cc1C. The Bertz CT molecular complexity index is 1000. The number of nitrogens with zero attached hydrogens (tertiary/aromatic N) is 3. The highest BCUT2D eigenvalue weighted by Gasteiger charge is 2.57. The number of amides is 1. The topological polar surface area (TPSA) is 66.7 Å². The van der Waals surface area contributed by atoms with E-state index in [1.807, 2.05) is 43.0 Å². The van der Waals surface area contributed by atoms with Gasteiger partial charge < -0.3 is 4.90 Å². The van der Waals surface area contributed by atoms with Crippen LogP contribution in [0.5, 0.6) is 0 Å². The third kappa shape index (κ3) is 3.09. The monoisotopic (exact) mass is 409 g/mol. The zero-order valence-electron chi connectivity index (χ0n) is 16.6. The third-order valence-corrected chi connectivity index (χ3v) is 6.50. The molecule has 1 saturated carbocycles. The Labute approximate surface area is 175 Å². The van der Waals surface area contributed by atoms with Crippen LogP contribution in [0.4, 0.5) is 5.69 Å². The molecule has 3 aliphatic rings. The predicted octanol–water partition coefficient (Wildman–Crippen LogP) is 4.55. The van der Waals surface area contributed by atoms with Crippen LogP contribution in [0.2, 0.25) is 0 Å². The number of aryl methyl sites for hydroxylation is 2. The van der Waals surface area contributed by atoms with Crippen molar-refractivity contribution < 1.29 is 9.72 Å². The highest BCUT2D eigenvalue weighted by Crippen LogP contribution is 2.46. The minimum atomic E-state index is -0.703. The maximum Gasteiger partial charge on any atom is 0.265 e. The zero-order valence-corrected chi connectivity index (χ0v) is 17.4. The Morgan fingerprint density at radius 2 is 1.83 bits per heavy atom. The van der Waals surface area contributed by atoms with Gasteiger partial charge in [0.05, 0.1) is 10.6 Å². The molecule has 6 nitrogen and oxygen atoms in total.